The van der Waals surface area contributed by atoms with Crippen LogP contribution in [0.25, 0.3) is 16.7 Å². The van der Waals surface area contributed by atoms with E-state index in [9.17, 15) is 5.26 Å². The lowest BCUT2D eigenvalue weighted by Crippen LogP contribution is -2.34. The summed E-state index contributed by atoms with van der Waals surface area (Å²) in [7, 11) is 0. The van der Waals surface area contributed by atoms with Gasteiger partial charge in [-0.2, -0.15) is 5.26 Å². The second-order valence-corrected chi connectivity index (χ2v) is 8.55. The van der Waals surface area contributed by atoms with E-state index in [-0.39, 0.29) is 5.92 Å². The molecule has 0 unspecified atom stereocenters. The van der Waals surface area contributed by atoms with E-state index >= 15 is 0 Å². The van der Waals surface area contributed by atoms with E-state index in [0.29, 0.717) is 0 Å². The van der Waals surface area contributed by atoms with E-state index < -0.39 is 0 Å². The Morgan fingerprint density at radius 1 is 1.03 bits per heavy atom. The number of benzene rings is 1. The third-order valence-electron chi connectivity index (χ3n) is 6.10. The number of rotatable bonds is 2. The summed E-state index contributed by atoms with van der Waals surface area (Å²) in [6.07, 6.45) is 1.77. The van der Waals surface area contributed by atoms with Gasteiger partial charge in [0.2, 0.25) is 0 Å². The van der Waals surface area contributed by atoms with Crippen molar-refractivity contribution in [2.45, 2.75) is 47.5 Å². The van der Waals surface area contributed by atoms with Crippen molar-refractivity contribution < 1.29 is 0 Å². The van der Waals surface area contributed by atoms with Crippen LogP contribution >= 0.6 is 11.6 Å². The van der Waals surface area contributed by atoms with E-state index in [1.165, 1.54) is 11.3 Å². The van der Waals surface area contributed by atoms with Crippen LogP contribution in [0.4, 0.5) is 5.82 Å². The van der Waals surface area contributed by atoms with Crippen molar-refractivity contribution in [2.75, 3.05) is 18.0 Å². The van der Waals surface area contributed by atoms with Gasteiger partial charge in [-0.3, -0.25) is 4.57 Å². The monoisotopic (exact) mass is 407 g/mol. The van der Waals surface area contributed by atoms with Crippen LogP contribution in [0.1, 0.15) is 41.1 Å². The Bertz CT molecular complexity index is 1120. The van der Waals surface area contributed by atoms with E-state index in [1.807, 2.05) is 19.1 Å². The molecule has 1 aliphatic rings. The third-order valence-corrected chi connectivity index (χ3v) is 6.32. The normalized spacial score (nSPS) is 15.1. The Labute approximate surface area is 176 Å². The van der Waals surface area contributed by atoms with Gasteiger partial charge in [0.05, 0.1) is 17.1 Å². The first kappa shape index (κ1) is 19.7. The molecule has 150 valence electrons. The molecule has 0 N–H and O–H groups in total. The van der Waals surface area contributed by atoms with E-state index in [4.69, 9.17) is 21.6 Å². The molecular formula is C23H26ClN5. The molecule has 29 heavy (non-hydrogen) atoms. The Morgan fingerprint density at radius 3 is 2.24 bits per heavy atom. The Hall–Kier alpha value is -2.58. The van der Waals surface area contributed by atoms with Crippen LogP contribution in [-0.4, -0.2) is 27.6 Å². The fourth-order valence-corrected chi connectivity index (χ4v) is 4.85. The quantitative estimate of drug-likeness (QED) is 0.574. The minimum absolute atomic E-state index is 0.150. The highest BCUT2D eigenvalue weighted by molar-refractivity contribution is 6.30. The molecule has 1 aliphatic heterocycles. The molecule has 3 heterocycles. The molecule has 1 saturated heterocycles. The summed E-state index contributed by atoms with van der Waals surface area (Å²) >= 11 is 6.28. The molecule has 0 bridgehead atoms. The minimum Gasteiger partial charge on any atom is -0.356 e. The van der Waals surface area contributed by atoms with E-state index in [0.717, 1.165) is 70.4 Å². The van der Waals surface area contributed by atoms with Crippen LogP contribution in [0.15, 0.2) is 12.1 Å². The van der Waals surface area contributed by atoms with Gasteiger partial charge in [-0.25, -0.2) is 9.97 Å². The summed E-state index contributed by atoms with van der Waals surface area (Å²) < 4.78 is 2.26. The topological polar surface area (TPSA) is 57.7 Å². The van der Waals surface area contributed by atoms with Crippen LogP contribution in [0, 0.1) is 51.9 Å². The molecule has 2 aromatic heterocycles. The highest BCUT2D eigenvalue weighted by Gasteiger charge is 2.26. The maximum atomic E-state index is 9.24. The zero-order valence-corrected chi connectivity index (χ0v) is 18.4. The molecule has 1 aromatic carbocycles. The van der Waals surface area contributed by atoms with Crippen molar-refractivity contribution in [3.63, 3.8) is 0 Å². The van der Waals surface area contributed by atoms with Crippen LogP contribution in [0.2, 0.25) is 5.02 Å². The molecule has 6 heteroatoms. The van der Waals surface area contributed by atoms with Crippen molar-refractivity contribution in [2.24, 2.45) is 5.92 Å². The average molecular weight is 408 g/mol. The van der Waals surface area contributed by atoms with Gasteiger partial charge in [0.15, 0.2) is 5.65 Å². The second-order valence-electron chi connectivity index (χ2n) is 8.12. The number of hydrogen-bond donors (Lipinski definition) is 0. The summed E-state index contributed by atoms with van der Waals surface area (Å²) in [4.78, 5) is 12.0. The lowest BCUT2D eigenvalue weighted by Gasteiger charge is -2.30. The van der Waals surface area contributed by atoms with Gasteiger partial charge in [0, 0.05) is 29.7 Å². The predicted molar refractivity (Wildman–Crippen MR) is 118 cm³/mol. The number of halogens is 1. The maximum absolute atomic E-state index is 9.24. The number of fused-ring (bicyclic) bond motifs is 1. The molecule has 5 nitrogen and oxygen atoms in total. The highest BCUT2D eigenvalue weighted by atomic mass is 35.5. The number of piperidine rings is 1. The predicted octanol–water partition coefficient (Wildman–Crippen LogP) is 5.36. The SMILES string of the molecule is Cc1nc(N2CCC(C#N)CC2)c2c(C)c(C)n(-c3c(C)cc(Cl)cc3C)c2n1. The summed E-state index contributed by atoms with van der Waals surface area (Å²) in [6.45, 7) is 12.1. The lowest BCUT2D eigenvalue weighted by molar-refractivity contribution is 0.485. The molecule has 0 saturated carbocycles. The van der Waals surface area contributed by atoms with Gasteiger partial charge in [0.25, 0.3) is 0 Å². The molecule has 0 atom stereocenters. The molecule has 1 fully saturated rings. The number of anilines is 1. The van der Waals surface area contributed by atoms with Crippen LogP contribution in [0.3, 0.4) is 0 Å². The zero-order chi connectivity index (χ0) is 20.9. The Morgan fingerprint density at radius 2 is 1.66 bits per heavy atom. The van der Waals surface area contributed by atoms with Gasteiger partial charge in [-0.15, -0.1) is 0 Å². The van der Waals surface area contributed by atoms with Crippen molar-refractivity contribution in [1.29, 1.82) is 5.26 Å². The second kappa shape index (κ2) is 7.35. The van der Waals surface area contributed by atoms with Gasteiger partial charge in [-0.05, 0) is 76.3 Å². The maximum Gasteiger partial charge on any atom is 0.150 e. The van der Waals surface area contributed by atoms with E-state index in [2.05, 4.69) is 43.2 Å². The largest absolute Gasteiger partial charge is 0.356 e. The molecule has 0 radical (unpaired) electrons. The number of nitrogens with zero attached hydrogens (tertiary/aromatic N) is 5. The minimum atomic E-state index is 0.150. The number of hydrogen-bond acceptors (Lipinski definition) is 4. The molecule has 4 rings (SSSR count). The summed E-state index contributed by atoms with van der Waals surface area (Å²) in [6, 6.07) is 6.43. The first-order valence-electron chi connectivity index (χ1n) is 10.1. The van der Waals surface area contributed by atoms with E-state index in [1.54, 1.807) is 0 Å². The van der Waals surface area contributed by atoms with Crippen molar-refractivity contribution in [3.8, 4) is 11.8 Å². The fraction of sp³-hybridized carbons (Fsp3) is 0.435. The van der Waals surface area contributed by atoms with Crippen molar-refractivity contribution in [1.82, 2.24) is 14.5 Å². The first-order valence-corrected chi connectivity index (χ1v) is 10.5. The summed E-state index contributed by atoms with van der Waals surface area (Å²) in [5, 5.41) is 11.1. The molecule has 0 aliphatic carbocycles. The molecule has 0 amide bonds. The standard InChI is InChI=1S/C23H26ClN5/c1-13-10-19(24)11-14(2)21(13)29-16(4)15(3)20-22(26-17(5)27-23(20)29)28-8-6-18(12-25)7-9-28/h10-11,18H,6-9H2,1-5H3. The number of aromatic nitrogens is 3. The highest BCUT2D eigenvalue weighted by Crippen LogP contribution is 2.37. The van der Waals surface area contributed by atoms with Crippen molar-refractivity contribution >= 4 is 28.5 Å². The third kappa shape index (κ3) is 3.26. The molecular weight excluding hydrogens is 382 g/mol. The Kier molecular flexibility index (Phi) is 5.00. The summed E-state index contributed by atoms with van der Waals surface area (Å²) in [5.41, 5.74) is 6.70. The molecule has 0 spiro atoms. The van der Waals surface area contributed by atoms with Gasteiger partial charge in [-0.1, -0.05) is 11.6 Å². The van der Waals surface area contributed by atoms with Crippen molar-refractivity contribution in [3.05, 3.63) is 45.4 Å². The van der Waals surface area contributed by atoms with Gasteiger partial charge < -0.3 is 4.90 Å². The summed E-state index contributed by atoms with van der Waals surface area (Å²) in [5.74, 6) is 1.90. The molecule has 3 aromatic rings. The van der Waals surface area contributed by atoms with Crippen LogP contribution < -0.4 is 4.90 Å². The first-order chi connectivity index (χ1) is 13.8. The van der Waals surface area contributed by atoms with Crippen LogP contribution in [0.5, 0.6) is 0 Å². The zero-order valence-electron chi connectivity index (χ0n) is 17.7. The lowest BCUT2D eigenvalue weighted by atomic mass is 9.98. The van der Waals surface area contributed by atoms with Gasteiger partial charge in [0.1, 0.15) is 11.6 Å². The smallest absolute Gasteiger partial charge is 0.150 e. The number of nitriles is 1. The average Bonchev–Trinajstić information content (AvgIpc) is 2.92. The fourth-order valence-electron chi connectivity index (χ4n) is 4.53. The number of aryl methyl sites for hydroxylation is 4. The van der Waals surface area contributed by atoms with Crippen LogP contribution in [-0.2, 0) is 0 Å². The Balaban J connectivity index is 1.95. The van der Waals surface area contributed by atoms with Gasteiger partial charge >= 0.3 is 0 Å².